The van der Waals surface area contributed by atoms with Crippen molar-refractivity contribution in [1.29, 1.82) is 0 Å². The van der Waals surface area contributed by atoms with Crippen LogP contribution < -0.4 is 9.80 Å². The molecule has 0 radical (unpaired) electrons. The van der Waals surface area contributed by atoms with E-state index < -0.39 is 5.41 Å². The van der Waals surface area contributed by atoms with E-state index in [9.17, 15) is 0 Å². The van der Waals surface area contributed by atoms with Crippen LogP contribution in [0.4, 0.5) is 34.1 Å². The van der Waals surface area contributed by atoms with Crippen LogP contribution in [0.1, 0.15) is 29.5 Å². The van der Waals surface area contributed by atoms with Crippen LogP contribution in [0.3, 0.4) is 0 Å². The largest absolute Gasteiger partial charge is 0.310 e. The molecule has 10 aromatic rings. The zero-order valence-electron chi connectivity index (χ0n) is 37.2. The van der Waals surface area contributed by atoms with E-state index in [1.165, 1.54) is 55.3 Å². The first-order valence-electron chi connectivity index (χ1n) is 23.4. The molecular weight excluding hydrogens is 809 g/mol. The molecule has 318 valence electrons. The van der Waals surface area contributed by atoms with Gasteiger partial charge in [-0.2, -0.15) is 0 Å². The highest BCUT2D eigenvalue weighted by Crippen LogP contribution is 2.58. The lowest BCUT2D eigenvalue weighted by Gasteiger charge is -2.37. The average molecular weight is 857 g/mol. The molecule has 2 heteroatoms. The molecule has 0 heterocycles. The molecule has 0 saturated heterocycles. The van der Waals surface area contributed by atoms with Gasteiger partial charge in [0.2, 0.25) is 0 Å². The maximum atomic E-state index is 2.48. The topological polar surface area (TPSA) is 6.48 Å². The number of hydrogen-bond acceptors (Lipinski definition) is 2. The van der Waals surface area contributed by atoms with Gasteiger partial charge in [-0.25, -0.2) is 0 Å². The minimum absolute atomic E-state index is 0.420. The lowest BCUT2D eigenvalue weighted by molar-refractivity contribution is 0.693. The maximum absolute atomic E-state index is 2.48. The SMILES string of the molecule is C1=CCCC(C2(c3ccccc3)c3ccccc3-c3ccc(N(c4ccc(-c5ccccc5)cc4)c4ccc(-c5ccc(N(c6ccccc6)c6cccc7ccccc67)cc5)cc4)cc32)=C1. The highest BCUT2D eigenvalue weighted by atomic mass is 15.1. The highest BCUT2D eigenvalue weighted by Gasteiger charge is 2.47. The fourth-order valence-electron chi connectivity index (χ4n) is 10.7. The minimum atomic E-state index is -0.420. The lowest BCUT2D eigenvalue weighted by Crippen LogP contribution is -2.30. The van der Waals surface area contributed by atoms with E-state index >= 15 is 0 Å². The van der Waals surface area contributed by atoms with Crippen LogP contribution in [0.2, 0.25) is 0 Å². The fraction of sp³-hybridized carbons (Fsp3) is 0.0462. The number of hydrogen-bond donors (Lipinski definition) is 0. The van der Waals surface area contributed by atoms with Crippen LogP contribution in [-0.4, -0.2) is 0 Å². The van der Waals surface area contributed by atoms with Crippen molar-refractivity contribution in [2.75, 3.05) is 9.80 Å². The summed E-state index contributed by atoms with van der Waals surface area (Å²) in [6.07, 6.45) is 8.97. The first kappa shape index (κ1) is 40.1. The molecular formula is C65H48N2. The van der Waals surface area contributed by atoms with Crippen molar-refractivity contribution in [1.82, 2.24) is 0 Å². The molecule has 12 rings (SSSR count). The summed E-state index contributed by atoms with van der Waals surface area (Å²) in [4.78, 5) is 4.79. The van der Waals surface area contributed by atoms with Crippen molar-refractivity contribution in [3.05, 3.63) is 289 Å². The van der Waals surface area contributed by atoms with Crippen LogP contribution in [0.15, 0.2) is 273 Å². The molecule has 0 aromatic heterocycles. The van der Waals surface area contributed by atoms with Gasteiger partial charge in [0.1, 0.15) is 0 Å². The van der Waals surface area contributed by atoms with Gasteiger partial charge in [0.05, 0.1) is 11.1 Å². The van der Waals surface area contributed by atoms with Crippen LogP contribution in [0.25, 0.3) is 44.2 Å². The summed E-state index contributed by atoms with van der Waals surface area (Å²) in [5.74, 6) is 0. The Morgan fingerprint density at radius 2 is 0.866 bits per heavy atom. The summed E-state index contributed by atoms with van der Waals surface area (Å²) in [6.45, 7) is 0. The van der Waals surface area contributed by atoms with E-state index in [4.69, 9.17) is 0 Å². The number of para-hydroxylation sites is 1. The van der Waals surface area contributed by atoms with Crippen molar-refractivity contribution in [3.8, 4) is 33.4 Å². The normalized spacial score (nSPS) is 14.8. The summed E-state index contributed by atoms with van der Waals surface area (Å²) < 4.78 is 0. The van der Waals surface area contributed by atoms with E-state index in [1.807, 2.05) is 0 Å². The van der Waals surface area contributed by atoms with Gasteiger partial charge in [0.25, 0.3) is 0 Å². The van der Waals surface area contributed by atoms with Crippen molar-refractivity contribution >= 4 is 44.9 Å². The van der Waals surface area contributed by atoms with E-state index in [1.54, 1.807) is 0 Å². The molecule has 2 nitrogen and oxygen atoms in total. The second-order valence-electron chi connectivity index (χ2n) is 17.6. The molecule has 1 atom stereocenters. The van der Waals surface area contributed by atoms with Crippen LogP contribution in [0, 0.1) is 0 Å². The monoisotopic (exact) mass is 856 g/mol. The predicted molar refractivity (Wildman–Crippen MR) is 282 cm³/mol. The highest BCUT2D eigenvalue weighted by molar-refractivity contribution is 5.99. The van der Waals surface area contributed by atoms with Gasteiger partial charge in [0.15, 0.2) is 0 Å². The standard InChI is InChI=1S/C65H48N2/c1-5-18-47(19-6-1)48-32-38-55(39-33-48)66(58-44-45-61-60-29-15-16-30-62(60)65(63(61)46-58,52-22-7-2-8-23-52)53-24-9-3-10-25-53)56-40-34-49(35-41-56)50-36-42-57(43-37-50)67(54-26-11-4-12-27-54)64-31-17-21-51-20-13-14-28-59(51)64/h1-9,11-24,26-46H,10,25H2. The molecule has 0 aliphatic heterocycles. The third-order valence-corrected chi connectivity index (χ3v) is 13.8. The smallest absolute Gasteiger partial charge is 0.0677 e. The predicted octanol–water partition coefficient (Wildman–Crippen LogP) is 17.7. The maximum Gasteiger partial charge on any atom is 0.0677 e. The van der Waals surface area contributed by atoms with E-state index in [0.717, 1.165) is 58.1 Å². The molecule has 2 aliphatic carbocycles. The number of allylic oxidation sites excluding steroid dienone is 4. The molecule has 0 amide bonds. The molecule has 0 N–H and O–H groups in total. The molecule has 0 bridgehead atoms. The van der Waals surface area contributed by atoms with Gasteiger partial charge in [-0.15, -0.1) is 0 Å². The van der Waals surface area contributed by atoms with E-state index in [2.05, 4.69) is 277 Å². The van der Waals surface area contributed by atoms with Gasteiger partial charge in [-0.3, -0.25) is 0 Å². The number of nitrogens with zero attached hydrogens (tertiary/aromatic N) is 2. The van der Waals surface area contributed by atoms with Gasteiger partial charge in [-0.1, -0.05) is 206 Å². The quantitative estimate of drug-likeness (QED) is 0.135. The van der Waals surface area contributed by atoms with Crippen LogP contribution in [0.5, 0.6) is 0 Å². The Bertz CT molecular complexity index is 3420. The first-order valence-corrected chi connectivity index (χ1v) is 23.4. The Balaban J connectivity index is 0.960. The van der Waals surface area contributed by atoms with Crippen molar-refractivity contribution < 1.29 is 0 Å². The Morgan fingerprint density at radius 3 is 1.52 bits per heavy atom. The Morgan fingerprint density at radius 1 is 0.358 bits per heavy atom. The summed E-state index contributed by atoms with van der Waals surface area (Å²) in [5.41, 5.74) is 19.0. The summed E-state index contributed by atoms with van der Waals surface area (Å²) in [7, 11) is 0. The molecule has 67 heavy (non-hydrogen) atoms. The summed E-state index contributed by atoms with van der Waals surface area (Å²) >= 11 is 0. The number of fused-ring (bicyclic) bond motifs is 4. The fourth-order valence-corrected chi connectivity index (χ4v) is 10.7. The third-order valence-electron chi connectivity index (χ3n) is 13.8. The van der Waals surface area contributed by atoms with Gasteiger partial charge >= 0.3 is 0 Å². The van der Waals surface area contributed by atoms with E-state index in [-0.39, 0.29) is 0 Å². The lowest BCUT2D eigenvalue weighted by atomic mass is 9.65. The second-order valence-corrected chi connectivity index (χ2v) is 17.6. The molecule has 2 aliphatic rings. The molecule has 0 fully saturated rings. The van der Waals surface area contributed by atoms with Crippen molar-refractivity contribution in [3.63, 3.8) is 0 Å². The zero-order valence-corrected chi connectivity index (χ0v) is 37.2. The number of rotatable bonds is 10. The zero-order chi connectivity index (χ0) is 44.6. The number of benzene rings is 10. The summed E-state index contributed by atoms with van der Waals surface area (Å²) in [6, 6.07) is 91.0. The van der Waals surface area contributed by atoms with Gasteiger partial charge in [-0.05, 0) is 135 Å². The van der Waals surface area contributed by atoms with Gasteiger partial charge < -0.3 is 9.80 Å². The average Bonchev–Trinajstić information content (AvgIpc) is 3.71. The first-order chi connectivity index (χ1) is 33.2. The third kappa shape index (κ3) is 7.06. The molecule has 0 spiro atoms. The van der Waals surface area contributed by atoms with Crippen LogP contribution in [-0.2, 0) is 5.41 Å². The Hall–Kier alpha value is -8.46. The Kier molecular flexibility index (Phi) is 10.3. The minimum Gasteiger partial charge on any atom is -0.310 e. The molecule has 0 saturated carbocycles. The Labute approximate surface area is 393 Å². The van der Waals surface area contributed by atoms with Gasteiger partial charge in [0, 0.05) is 33.8 Å². The van der Waals surface area contributed by atoms with Crippen molar-refractivity contribution in [2.24, 2.45) is 0 Å². The van der Waals surface area contributed by atoms with E-state index in [0.29, 0.717) is 0 Å². The molecule has 10 aromatic carbocycles. The molecule has 1 unspecified atom stereocenters. The van der Waals surface area contributed by atoms with Crippen molar-refractivity contribution in [2.45, 2.75) is 18.3 Å². The second kappa shape index (κ2) is 17.2. The van der Waals surface area contributed by atoms with Crippen LogP contribution >= 0.6 is 0 Å². The summed E-state index contributed by atoms with van der Waals surface area (Å²) in [5, 5.41) is 2.44. The number of anilines is 6.